The summed E-state index contributed by atoms with van der Waals surface area (Å²) in [5.41, 5.74) is 0.329. The highest BCUT2D eigenvalue weighted by atomic mass is 16.4. The second kappa shape index (κ2) is 7.99. The molecule has 128 valence electrons. The minimum Gasteiger partial charge on any atom is -0.465 e. The van der Waals surface area contributed by atoms with Gasteiger partial charge in [0.15, 0.2) is 0 Å². The smallest absolute Gasteiger partial charge is 0.405 e. The van der Waals surface area contributed by atoms with Crippen LogP contribution in [0.15, 0.2) is 30.3 Å². The summed E-state index contributed by atoms with van der Waals surface area (Å²) < 4.78 is 0. The van der Waals surface area contributed by atoms with E-state index in [1.807, 2.05) is 65.0 Å². The van der Waals surface area contributed by atoms with Crippen LogP contribution in [0.25, 0.3) is 0 Å². The van der Waals surface area contributed by atoms with Gasteiger partial charge in [-0.3, -0.25) is 4.79 Å². The van der Waals surface area contributed by atoms with Crippen LogP contribution >= 0.6 is 0 Å². The van der Waals surface area contributed by atoms with Gasteiger partial charge in [0, 0.05) is 6.54 Å². The normalized spacial score (nSPS) is 13.0. The number of hydrogen-bond donors (Lipinski definition) is 3. The predicted octanol–water partition coefficient (Wildman–Crippen LogP) is 3.43. The van der Waals surface area contributed by atoms with E-state index in [2.05, 4.69) is 10.6 Å². The number of hydrogen-bond acceptors (Lipinski definition) is 2. The molecular weight excluding hydrogens is 292 g/mol. The summed E-state index contributed by atoms with van der Waals surface area (Å²) in [7, 11) is 0. The number of carbonyl (C=O) groups is 2. The highest BCUT2D eigenvalue weighted by Gasteiger charge is 2.39. The van der Waals surface area contributed by atoms with Crippen molar-refractivity contribution >= 4 is 12.0 Å². The third-order valence-electron chi connectivity index (χ3n) is 4.85. The molecule has 0 saturated carbocycles. The van der Waals surface area contributed by atoms with Gasteiger partial charge in [-0.25, -0.2) is 4.79 Å². The molecule has 0 heterocycles. The van der Waals surface area contributed by atoms with Crippen molar-refractivity contribution in [3.63, 3.8) is 0 Å². The van der Waals surface area contributed by atoms with Gasteiger partial charge in [-0.15, -0.1) is 0 Å². The molecule has 1 atom stereocenters. The predicted molar refractivity (Wildman–Crippen MR) is 91.1 cm³/mol. The number of carbonyl (C=O) groups excluding carboxylic acids is 1. The molecule has 0 radical (unpaired) electrons. The standard InChI is InChI=1S/C18H28N2O3/c1-12(2)18(5,13(3)4)16(21)19-11-15(20-17(22)23)14-9-7-6-8-10-14/h6-10,12-13,15,20H,11H2,1-5H3,(H,19,21)(H,22,23)/t15-/m1/s1. The molecule has 0 saturated heterocycles. The Morgan fingerprint density at radius 3 is 2.04 bits per heavy atom. The highest BCUT2D eigenvalue weighted by molar-refractivity contribution is 5.82. The molecule has 0 unspecified atom stereocenters. The van der Waals surface area contributed by atoms with Crippen LogP contribution in [0.1, 0.15) is 46.2 Å². The van der Waals surface area contributed by atoms with E-state index in [1.54, 1.807) is 0 Å². The minimum absolute atomic E-state index is 0.0457. The van der Waals surface area contributed by atoms with Gasteiger partial charge < -0.3 is 15.7 Å². The molecule has 1 rings (SSSR count). The third-order valence-corrected chi connectivity index (χ3v) is 4.85. The molecule has 0 aliphatic heterocycles. The third kappa shape index (κ3) is 4.71. The maximum Gasteiger partial charge on any atom is 0.405 e. The monoisotopic (exact) mass is 320 g/mol. The fourth-order valence-electron chi connectivity index (χ4n) is 2.66. The fourth-order valence-corrected chi connectivity index (χ4v) is 2.66. The van der Waals surface area contributed by atoms with Crippen LogP contribution in [0.3, 0.4) is 0 Å². The molecule has 0 bridgehead atoms. The SMILES string of the molecule is CC(C)C(C)(C(=O)NC[C@@H](NC(=O)O)c1ccccc1)C(C)C. The van der Waals surface area contributed by atoms with Crippen molar-refractivity contribution < 1.29 is 14.7 Å². The first kappa shape index (κ1) is 19.0. The van der Waals surface area contributed by atoms with E-state index in [9.17, 15) is 9.59 Å². The Balaban J connectivity index is 2.86. The Kier molecular flexibility index (Phi) is 6.61. The van der Waals surface area contributed by atoms with Gasteiger partial charge in [0.2, 0.25) is 5.91 Å². The van der Waals surface area contributed by atoms with Crippen LogP contribution in [0.5, 0.6) is 0 Å². The van der Waals surface area contributed by atoms with Crippen molar-refractivity contribution in [1.29, 1.82) is 0 Å². The lowest BCUT2D eigenvalue weighted by molar-refractivity contribution is -0.135. The number of rotatable bonds is 7. The van der Waals surface area contributed by atoms with Gasteiger partial charge in [0.1, 0.15) is 0 Å². The highest BCUT2D eigenvalue weighted by Crippen LogP contribution is 2.35. The first-order chi connectivity index (χ1) is 10.7. The first-order valence-electron chi connectivity index (χ1n) is 8.02. The molecule has 1 aromatic carbocycles. The summed E-state index contributed by atoms with van der Waals surface area (Å²) in [5.74, 6) is 0.325. The van der Waals surface area contributed by atoms with Crippen molar-refractivity contribution in [3.05, 3.63) is 35.9 Å². The van der Waals surface area contributed by atoms with Crippen LogP contribution < -0.4 is 10.6 Å². The average molecular weight is 320 g/mol. The summed E-state index contributed by atoms with van der Waals surface area (Å²) in [6, 6.07) is 8.78. The molecule has 0 aromatic heterocycles. The fraction of sp³-hybridized carbons (Fsp3) is 0.556. The molecule has 1 aromatic rings. The molecule has 5 heteroatoms. The van der Waals surface area contributed by atoms with E-state index >= 15 is 0 Å². The Morgan fingerprint density at radius 2 is 1.61 bits per heavy atom. The van der Waals surface area contributed by atoms with Crippen LogP contribution in [-0.4, -0.2) is 23.7 Å². The van der Waals surface area contributed by atoms with Crippen LogP contribution in [0.2, 0.25) is 0 Å². The van der Waals surface area contributed by atoms with Crippen LogP contribution in [0.4, 0.5) is 4.79 Å². The zero-order valence-electron chi connectivity index (χ0n) is 14.6. The average Bonchev–Trinajstić information content (AvgIpc) is 2.50. The Labute approximate surface area is 138 Å². The lowest BCUT2D eigenvalue weighted by Gasteiger charge is -2.36. The summed E-state index contributed by atoms with van der Waals surface area (Å²) in [6.07, 6.45) is -1.11. The maximum absolute atomic E-state index is 12.7. The second-order valence-corrected chi connectivity index (χ2v) is 6.71. The van der Waals surface area contributed by atoms with E-state index < -0.39 is 17.6 Å². The number of amides is 2. The Hall–Kier alpha value is -2.04. The van der Waals surface area contributed by atoms with Crippen LogP contribution in [-0.2, 0) is 4.79 Å². The molecule has 0 spiro atoms. The Bertz CT molecular complexity index is 518. The Morgan fingerprint density at radius 1 is 1.09 bits per heavy atom. The zero-order valence-corrected chi connectivity index (χ0v) is 14.6. The summed E-state index contributed by atoms with van der Waals surface area (Å²) in [4.78, 5) is 23.7. The van der Waals surface area contributed by atoms with Crippen molar-refractivity contribution in [3.8, 4) is 0 Å². The molecule has 0 aliphatic rings. The van der Waals surface area contributed by atoms with Gasteiger partial charge in [0.05, 0.1) is 11.5 Å². The van der Waals surface area contributed by atoms with Gasteiger partial charge in [-0.05, 0) is 17.4 Å². The maximum atomic E-state index is 12.7. The van der Waals surface area contributed by atoms with Gasteiger partial charge >= 0.3 is 6.09 Å². The van der Waals surface area contributed by atoms with Crippen molar-refractivity contribution in [2.75, 3.05) is 6.54 Å². The van der Waals surface area contributed by atoms with Crippen molar-refractivity contribution in [2.45, 2.75) is 40.7 Å². The van der Waals surface area contributed by atoms with Crippen LogP contribution in [0, 0.1) is 17.3 Å². The summed E-state index contributed by atoms with van der Waals surface area (Å²) >= 11 is 0. The van der Waals surface area contributed by atoms with E-state index in [1.165, 1.54) is 0 Å². The van der Waals surface area contributed by atoms with Crippen molar-refractivity contribution in [1.82, 2.24) is 10.6 Å². The molecule has 5 nitrogen and oxygen atoms in total. The summed E-state index contributed by atoms with van der Waals surface area (Å²) in [6.45, 7) is 10.3. The molecular formula is C18H28N2O3. The second-order valence-electron chi connectivity index (χ2n) is 6.71. The lowest BCUT2D eigenvalue weighted by atomic mass is 9.70. The molecule has 3 N–H and O–H groups in total. The molecule has 0 aliphatic carbocycles. The lowest BCUT2D eigenvalue weighted by Crippen LogP contribution is -2.48. The minimum atomic E-state index is -1.11. The molecule has 2 amide bonds. The molecule has 0 fully saturated rings. The number of carboxylic acid groups (broad SMARTS) is 1. The topological polar surface area (TPSA) is 78.4 Å². The van der Waals surface area contributed by atoms with Gasteiger partial charge in [-0.1, -0.05) is 65.0 Å². The van der Waals surface area contributed by atoms with E-state index in [-0.39, 0.29) is 24.3 Å². The van der Waals surface area contributed by atoms with Gasteiger partial charge in [-0.2, -0.15) is 0 Å². The van der Waals surface area contributed by atoms with Gasteiger partial charge in [0.25, 0.3) is 0 Å². The number of benzene rings is 1. The van der Waals surface area contributed by atoms with E-state index in [0.717, 1.165) is 5.56 Å². The largest absolute Gasteiger partial charge is 0.465 e. The quantitative estimate of drug-likeness (QED) is 0.720. The summed E-state index contributed by atoms with van der Waals surface area (Å²) in [5, 5.41) is 14.4. The first-order valence-corrected chi connectivity index (χ1v) is 8.02. The number of nitrogens with one attached hydrogen (secondary N) is 2. The molecule has 23 heavy (non-hydrogen) atoms. The zero-order chi connectivity index (χ0) is 17.6. The van der Waals surface area contributed by atoms with Crippen molar-refractivity contribution in [2.24, 2.45) is 17.3 Å². The van der Waals surface area contributed by atoms with E-state index in [4.69, 9.17) is 5.11 Å². The van der Waals surface area contributed by atoms with E-state index in [0.29, 0.717) is 0 Å².